The number of anilines is 2. The average molecular weight is 193 g/mol. The van der Waals surface area contributed by atoms with Crippen LogP contribution in [0.2, 0.25) is 0 Å². The second-order valence-corrected chi connectivity index (χ2v) is 3.24. The smallest absolute Gasteiger partial charge is 0.142 e. The predicted molar refractivity (Wildman–Crippen MR) is 55.7 cm³/mol. The first-order valence-corrected chi connectivity index (χ1v) is 4.62. The lowest BCUT2D eigenvalue weighted by atomic mass is 10.2. The van der Waals surface area contributed by atoms with Crippen LogP contribution in [0.15, 0.2) is 6.20 Å². The summed E-state index contributed by atoms with van der Waals surface area (Å²) in [6.45, 7) is 5.40. The summed E-state index contributed by atoms with van der Waals surface area (Å²) >= 11 is 0. The van der Waals surface area contributed by atoms with Crippen LogP contribution in [0.4, 0.5) is 11.5 Å². The Morgan fingerprint density at radius 3 is 2.93 bits per heavy atom. The minimum atomic E-state index is -0.00995. The fourth-order valence-corrected chi connectivity index (χ4v) is 1.31. The lowest BCUT2D eigenvalue weighted by molar-refractivity contribution is 0.687. The van der Waals surface area contributed by atoms with Gasteiger partial charge in [-0.05, 0) is 13.8 Å². The third kappa shape index (κ3) is 2.16. The maximum absolute atomic E-state index is 8.71. The number of aromatic amines is 1. The monoisotopic (exact) mass is 193 g/mol. The lowest BCUT2D eigenvalue weighted by Crippen LogP contribution is -2.28. The van der Waals surface area contributed by atoms with Gasteiger partial charge in [0.25, 0.3) is 0 Å². The van der Waals surface area contributed by atoms with Crippen LogP contribution in [0, 0.1) is 17.2 Å². The van der Waals surface area contributed by atoms with E-state index in [1.165, 1.54) is 0 Å². The number of nitrogen functional groups attached to an aromatic ring is 1. The topological polar surface area (TPSA) is 81.7 Å². The van der Waals surface area contributed by atoms with Crippen LogP contribution in [0.3, 0.4) is 0 Å². The molecule has 76 valence electrons. The van der Waals surface area contributed by atoms with Gasteiger partial charge in [-0.25, -0.2) is 0 Å². The Morgan fingerprint density at radius 1 is 1.79 bits per heavy atom. The molecule has 0 saturated heterocycles. The minimum Gasteiger partial charge on any atom is -0.382 e. The van der Waals surface area contributed by atoms with Crippen LogP contribution >= 0.6 is 0 Å². The van der Waals surface area contributed by atoms with E-state index in [0.29, 0.717) is 12.4 Å². The van der Waals surface area contributed by atoms with Crippen LogP contribution < -0.4 is 10.6 Å². The van der Waals surface area contributed by atoms with Gasteiger partial charge in [-0.2, -0.15) is 10.4 Å². The zero-order chi connectivity index (χ0) is 10.6. The molecule has 0 aliphatic rings. The molecule has 0 radical (unpaired) electrons. The van der Waals surface area contributed by atoms with Crippen LogP contribution in [-0.2, 0) is 0 Å². The molecule has 0 saturated carbocycles. The minimum absolute atomic E-state index is 0.00995. The van der Waals surface area contributed by atoms with E-state index in [4.69, 9.17) is 11.0 Å². The van der Waals surface area contributed by atoms with Crippen LogP contribution in [0.25, 0.3) is 0 Å². The average Bonchev–Trinajstić information content (AvgIpc) is 2.60. The van der Waals surface area contributed by atoms with Gasteiger partial charge in [-0.15, -0.1) is 0 Å². The summed E-state index contributed by atoms with van der Waals surface area (Å²) in [5.74, 6) is 0.543. The fourth-order valence-electron chi connectivity index (χ4n) is 1.31. The Labute approximate surface area is 83.5 Å². The molecule has 5 heteroatoms. The van der Waals surface area contributed by atoms with Gasteiger partial charge in [0, 0.05) is 13.1 Å². The summed E-state index contributed by atoms with van der Waals surface area (Å²) in [6, 6.07) is 2.20. The Bertz CT molecular complexity index is 324. The zero-order valence-corrected chi connectivity index (χ0v) is 8.49. The van der Waals surface area contributed by atoms with E-state index in [2.05, 4.69) is 16.3 Å². The summed E-state index contributed by atoms with van der Waals surface area (Å²) in [4.78, 5) is 2.03. The number of nitrogens with one attached hydrogen (secondary N) is 1. The molecule has 3 N–H and O–H groups in total. The Morgan fingerprint density at radius 2 is 2.50 bits per heavy atom. The van der Waals surface area contributed by atoms with E-state index in [1.807, 2.05) is 18.7 Å². The molecule has 0 aromatic carbocycles. The molecule has 1 heterocycles. The van der Waals surface area contributed by atoms with Gasteiger partial charge >= 0.3 is 0 Å². The molecule has 14 heavy (non-hydrogen) atoms. The van der Waals surface area contributed by atoms with Crippen molar-refractivity contribution in [3.05, 3.63) is 6.20 Å². The van der Waals surface area contributed by atoms with Gasteiger partial charge in [0.2, 0.25) is 0 Å². The number of aromatic nitrogens is 2. The summed E-state index contributed by atoms with van der Waals surface area (Å²) in [7, 11) is 0. The van der Waals surface area contributed by atoms with Crippen molar-refractivity contribution in [3.63, 3.8) is 0 Å². The van der Waals surface area contributed by atoms with Crippen molar-refractivity contribution in [1.29, 1.82) is 5.26 Å². The third-order valence-corrected chi connectivity index (χ3v) is 2.08. The summed E-state index contributed by atoms with van der Waals surface area (Å²) in [6.07, 6.45) is 1.68. The lowest BCUT2D eigenvalue weighted by Gasteiger charge is -2.22. The second-order valence-electron chi connectivity index (χ2n) is 3.24. The molecule has 0 aliphatic heterocycles. The molecule has 0 bridgehead atoms. The van der Waals surface area contributed by atoms with E-state index in [1.54, 1.807) is 6.20 Å². The highest BCUT2D eigenvalue weighted by Gasteiger charge is 2.12. The van der Waals surface area contributed by atoms with Crippen molar-refractivity contribution in [2.75, 3.05) is 23.7 Å². The largest absolute Gasteiger partial charge is 0.382 e. The van der Waals surface area contributed by atoms with Gasteiger partial charge < -0.3 is 10.6 Å². The standard InChI is InChI=1S/C9H15N5/c1-3-14(6-7(2)4-10)8-5-12-13-9(8)11/h5,7H,3,6H2,1-2H3,(H3,11,12,13). The van der Waals surface area contributed by atoms with Gasteiger partial charge in [0.05, 0.1) is 23.9 Å². The summed E-state index contributed by atoms with van der Waals surface area (Å²) in [5, 5.41) is 15.2. The SMILES string of the molecule is CCN(CC(C)C#N)c1cn[nH]c1N. The van der Waals surface area contributed by atoms with Gasteiger partial charge in [-0.1, -0.05) is 0 Å². The third-order valence-electron chi connectivity index (χ3n) is 2.08. The van der Waals surface area contributed by atoms with Gasteiger partial charge in [-0.3, -0.25) is 5.10 Å². The Kier molecular flexibility index (Phi) is 3.35. The molecular formula is C9H15N5. The highest BCUT2D eigenvalue weighted by atomic mass is 15.2. The van der Waals surface area contributed by atoms with Crippen LogP contribution in [0.5, 0.6) is 0 Å². The van der Waals surface area contributed by atoms with Crippen molar-refractivity contribution in [3.8, 4) is 6.07 Å². The number of hydrogen-bond acceptors (Lipinski definition) is 4. The molecule has 0 spiro atoms. The fraction of sp³-hybridized carbons (Fsp3) is 0.556. The molecule has 0 aliphatic carbocycles. The normalized spacial score (nSPS) is 12.1. The Balaban J connectivity index is 2.74. The first-order chi connectivity index (χ1) is 6.69. The highest BCUT2D eigenvalue weighted by molar-refractivity contribution is 5.62. The van der Waals surface area contributed by atoms with E-state index in [0.717, 1.165) is 12.2 Å². The number of rotatable bonds is 4. The molecule has 1 atom stereocenters. The number of nitrogens with two attached hydrogens (primary N) is 1. The molecule has 5 nitrogen and oxygen atoms in total. The van der Waals surface area contributed by atoms with Crippen molar-refractivity contribution >= 4 is 11.5 Å². The number of H-pyrrole nitrogens is 1. The van der Waals surface area contributed by atoms with Crippen molar-refractivity contribution in [1.82, 2.24) is 10.2 Å². The number of nitrogens with zero attached hydrogens (tertiary/aromatic N) is 3. The summed E-state index contributed by atoms with van der Waals surface area (Å²) in [5.41, 5.74) is 6.56. The van der Waals surface area contributed by atoms with Crippen molar-refractivity contribution < 1.29 is 0 Å². The van der Waals surface area contributed by atoms with Gasteiger partial charge in [0.1, 0.15) is 5.82 Å². The molecule has 1 aromatic rings. The molecule has 0 fully saturated rings. The highest BCUT2D eigenvalue weighted by Crippen LogP contribution is 2.20. The molecule has 1 aromatic heterocycles. The Hall–Kier alpha value is -1.70. The first kappa shape index (κ1) is 10.4. The van der Waals surface area contributed by atoms with E-state index in [-0.39, 0.29) is 5.92 Å². The van der Waals surface area contributed by atoms with Crippen LogP contribution in [0.1, 0.15) is 13.8 Å². The summed E-state index contributed by atoms with van der Waals surface area (Å²) < 4.78 is 0. The number of hydrogen-bond donors (Lipinski definition) is 2. The molecule has 1 unspecified atom stereocenters. The van der Waals surface area contributed by atoms with E-state index in [9.17, 15) is 0 Å². The number of nitriles is 1. The van der Waals surface area contributed by atoms with E-state index >= 15 is 0 Å². The van der Waals surface area contributed by atoms with Crippen molar-refractivity contribution in [2.24, 2.45) is 5.92 Å². The second kappa shape index (κ2) is 4.51. The van der Waals surface area contributed by atoms with Gasteiger partial charge in [0.15, 0.2) is 0 Å². The van der Waals surface area contributed by atoms with E-state index < -0.39 is 0 Å². The molecule has 1 rings (SSSR count). The maximum Gasteiger partial charge on any atom is 0.142 e. The van der Waals surface area contributed by atoms with Crippen LogP contribution in [-0.4, -0.2) is 23.3 Å². The molecular weight excluding hydrogens is 178 g/mol. The quantitative estimate of drug-likeness (QED) is 0.746. The van der Waals surface area contributed by atoms with Crippen molar-refractivity contribution in [2.45, 2.75) is 13.8 Å². The first-order valence-electron chi connectivity index (χ1n) is 4.62. The molecule has 0 amide bonds. The predicted octanol–water partition coefficient (Wildman–Crippen LogP) is 0.978. The maximum atomic E-state index is 8.71. The zero-order valence-electron chi connectivity index (χ0n) is 8.49.